The molecule has 0 bridgehead atoms. The van der Waals surface area contributed by atoms with E-state index in [-0.39, 0.29) is 29.9 Å². The average molecular weight is 1010 g/mol. The van der Waals surface area contributed by atoms with Gasteiger partial charge in [0.2, 0.25) is 0 Å². The lowest BCUT2D eigenvalue weighted by atomic mass is 9.95. The van der Waals surface area contributed by atoms with Crippen molar-refractivity contribution in [2.75, 3.05) is 41.2 Å². The van der Waals surface area contributed by atoms with E-state index in [1.807, 2.05) is 20.8 Å². The second-order valence-electron chi connectivity index (χ2n) is 19.0. The number of hydrogen-bond acceptors (Lipinski definition) is 10. The molecule has 0 saturated heterocycles. The summed E-state index contributed by atoms with van der Waals surface area (Å²) in [6.45, 7) is 45.7. The Balaban J connectivity index is -0.0000000862. The van der Waals surface area contributed by atoms with Crippen LogP contribution >= 0.6 is 0 Å². The quantitative estimate of drug-likeness (QED) is 0.0461. The summed E-state index contributed by atoms with van der Waals surface area (Å²) in [4.78, 5) is 32.2. The van der Waals surface area contributed by atoms with Crippen LogP contribution in [0.1, 0.15) is 274 Å². The molecule has 70 heavy (non-hydrogen) atoms. The van der Waals surface area contributed by atoms with E-state index < -0.39 is 0 Å². The molecule has 0 rings (SSSR count). The zero-order valence-electron chi connectivity index (χ0n) is 51.8. The summed E-state index contributed by atoms with van der Waals surface area (Å²) < 4.78 is 13.7. The lowest BCUT2D eigenvalue weighted by molar-refractivity contribution is -0.145. The molecule has 0 aliphatic carbocycles. The predicted octanol–water partition coefficient (Wildman–Crippen LogP) is 16.5. The Kier molecular flexibility index (Phi) is 92.7. The summed E-state index contributed by atoms with van der Waals surface area (Å²) in [6.07, 6.45) is 21.1. The lowest BCUT2D eigenvalue weighted by Crippen LogP contribution is -2.13. The van der Waals surface area contributed by atoms with Crippen molar-refractivity contribution in [3.63, 3.8) is 0 Å². The molecular formula is C60H132O10. The molecule has 10 heteroatoms. The SMILES string of the molecule is CCC(C)C(C)CO.CCC(C)CC.CCC(C)CC.CCC(C)O.CCC(CC)C(=O)OC.CCC(CC)CC(=O)OC.CCC(CC)CCC(=O)OC.CCC(CC)CCO.CCC(CC)CO. The fourth-order valence-corrected chi connectivity index (χ4v) is 5.39. The number of hydrogen-bond donors (Lipinski definition) is 4. The Morgan fingerprint density at radius 3 is 0.871 bits per heavy atom. The Bertz CT molecular complexity index is 891. The van der Waals surface area contributed by atoms with Gasteiger partial charge in [-0.1, -0.05) is 222 Å². The number of ether oxygens (including phenoxy) is 3. The molecule has 0 aliphatic rings. The molecule has 3 unspecified atom stereocenters. The third-order valence-corrected chi connectivity index (χ3v) is 13.9. The van der Waals surface area contributed by atoms with Crippen LogP contribution in [0.25, 0.3) is 0 Å². The van der Waals surface area contributed by atoms with Gasteiger partial charge in [-0.2, -0.15) is 0 Å². The summed E-state index contributed by atoms with van der Waals surface area (Å²) in [6, 6.07) is 0. The van der Waals surface area contributed by atoms with Crippen LogP contribution in [0.5, 0.6) is 0 Å². The Morgan fingerprint density at radius 1 is 0.386 bits per heavy atom. The molecule has 0 aliphatic heterocycles. The molecule has 0 radical (unpaired) electrons. The third kappa shape index (κ3) is 77.7. The fraction of sp³-hybridized carbons (Fsp3) is 0.950. The highest BCUT2D eigenvalue weighted by molar-refractivity contribution is 5.72. The van der Waals surface area contributed by atoms with Gasteiger partial charge in [0.1, 0.15) is 0 Å². The first-order chi connectivity index (χ1) is 33.0. The van der Waals surface area contributed by atoms with Crippen LogP contribution < -0.4 is 0 Å². The van der Waals surface area contributed by atoms with Crippen LogP contribution in [0.15, 0.2) is 0 Å². The number of esters is 3. The van der Waals surface area contributed by atoms with Gasteiger partial charge in [-0.25, -0.2) is 0 Å². The largest absolute Gasteiger partial charge is 0.469 e. The minimum Gasteiger partial charge on any atom is -0.469 e. The molecule has 0 aromatic carbocycles. The Labute approximate surface area is 439 Å². The zero-order chi connectivity index (χ0) is 56.9. The van der Waals surface area contributed by atoms with Crippen molar-refractivity contribution in [1.29, 1.82) is 0 Å². The molecule has 0 heterocycles. The monoisotopic (exact) mass is 1010 g/mol. The number of aliphatic hydroxyl groups excluding tert-OH is 4. The van der Waals surface area contributed by atoms with Gasteiger partial charge in [-0.15, -0.1) is 0 Å². The number of aliphatic hydroxyl groups is 4. The first kappa shape index (κ1) is 87.9. The van der Waals surface area contributed by atoms with Crippen molar-refractivity contribution in [2.45, 2.75) is 280 Å². The van der Waals surface area contributed by atoms with Crippen molar-refractivity contribution >= 4 is 17.9 Å². The normalized spacial score (nSPS) is 11.4. The van der Waals surface area contributed by atoms with Gasteiger partial charge in [0.05, 0.1) is 33.4 Å². The van der Waals surface area contributed by atoms with E-state index >= 15 is 0 Å². The minimum atomic E-state index is -0.116. The molecule has 0 amide bonds. The fourth-order valence-electron chi connectivity index (χ4n) is 5.39. The maximum Gasteiger partial charge on any atom is 0.308 e. The molecule has 432 valence electrons. The van der Waals surface area contributed by atoms with Gasteiger partial charge in [-0.3, -0.25) is 14.4 Å². The van der Waals surface area contributed by atoms with Crippen molar-refractivity contribution in [2.24, 2.45) is 53.3 Å². The molecular weight excluding hydrogens is 881 g/mol. The molecule has 0 saturated carbocycles. The van der Waals surface area contributed by atoms with Gasteiger partial charge < -0.3 is 34.6 Å². The predicted molar refractivity (Wildman–Crippen MR) is 306 cm³/mol. The van der Waals surface area contributed by atoms with Crippen molar-refractivity contribution < 1.29 is 49.0 Å². The van der Waals surface area contributed by atoms with E-state index in [0.29, 0.717) is 62.3 Å². The summed E-state index contributed by atoms with van der Waals surface area (Å²) >= 11 is 0. The highest BCUT2D eigenvalue weighted by atomic mass is 16.5. The van der Waals surface area contributed by atoms with Gasteiger partial charge in [0, 0.05) is 32.7 Å². The first-order valence-electron chi connectivity index (χ1n) is 28.8. The van der Waals surface area contributed by atoms with Crippen LogP contribution in [0, 0.1) is 53.3 Å². The maximum absolute atomic E-state index is 10.8. The summed E-state index contributed by atoms with van der Waals surface area (Å²) in [5.41, 5.74) is 0. The standard InChI is InChI=1S/C9H18O2.C8H16O2.C7H14O2.2C7H16O.C6H14O.2C6H14.C4H10O/c1-4-8(5-2)6-7-9(10)11-3;1-4-7(5-2)6-8(9)10-3;1-4-6(5-2)7(8)9-3;1-4-6(2)7(3)5-8;1-3-7(4-2)5-6-8;1-3-6(4-2)5-7;2*1-4-6(3)5-2;1-3-4(2)5/h8H,4-7H2,1-3H3;7H,4-6H2,1-3H3;6H,4-5H2,1-3H3;6-8H,4-5H2,1-3H3;7-8H,3-6H2,1-2H3;6-7H,3-5H2,1-2H3;2*6H,4-5H2,1-3H3;4-5H,3H2,1-2H3. The van der Waals surface area contributed by atoms with E-state index in [9.17, 15) is 14.4 Å². The molecule has 10 nitrogen and oxygen atoms in total. The van der Waals surface area contributed by atoms with Crippen LogP contribution in [0.2, 0.25) is 0 Å². The number of carbonyl (C=O) groups is 3. The third-order valence-electron chi connectivity index (χ3n) is 13.9. The molecule has 4 N–H and O–H groups in total. The van der Waals surface area contributed by atoms with Crippen molar-refractivity contribution in [1.82, 2.24) is 0 Å². The average Bonchev–Trinajstić information content (AvgIpc) is 3.40. The van der Waals surface area contributed by atoms with E-state index in [0.717, 1.165) is 88.4 Å². The van der Waals surface area contributed by atoms with E-state index in [1.54, 1.807) is 6.92 Å². The first-order valence-corrected chi connectivity index (χ1v) is 28.8. The Hall–Kier alpha value is -1.75. The van der Waals surface area contributed by atoms with Gasteiger partial charge in [0.25, 0.3) is 0 Å². The summed E-state index contributed by atoms with van der Waals surface area (Å²) in [7, 11) is 4.31. The molecule has 0 spiro atoms. The highest BCUT2D eigenvalue weighted by Gasteiger charge is 2.13. The second-order valence-corrected chi connectivity index (χ2v) is 19.0. The second kappa shape index (κ2) is 73.8. The number of rotatable bonds is 27. The maximum atomic E-state index is 10.8. The van der Waals surface area contributed by atoms with E-state index in [4.69, 9.17) is 20.4 Å². The molecule has 0 aromatic rings. The van der Waals surface area contributed by atoms with Gasteiger partial charge in [-0.05, 0) is 86.4 Å². The Morgan fingerprint density at radius 2 is 0.729 bits per heavy atom. The smallest absolute Gasteiger partial charge is 0.308 e. The topological polar surface area (TPSA) is 160 Å². The molecule has 3 atom stereocenters. The molecule has 0 aromatic heterocycles. The van der Waals surface area contributed by atoms with Crippen LogP contribution in [0.4, 0.5) is 0 Å². The lowest BCUT2D eigenvalue weighted by Gasteiger charge is -2.13. The van der Waals surface area contributed by atoms with Crippen molar-refractivity contribution in [3.05, 3.63) is 0 Å². The minimum absolute atomic E-state index is 0.0833. The van der Waals surface area contributed by atoms with E-state index in [2.05, 4.69) is 132 Å². The molecule has 0 fully saturated rings. The van der Waals surface area contributed by atoms with Gasteiger partial charge in [0.15, 0.2) is 0 Å². The summed E-state index contributed by atoms with van der Waals surface area (Å²) in [5.74, 6) is 5.34. The van der Waals surface area contributed by atoms with Crippen molar-refractivity contribution in [3.8, 4) is 0 Å². The van der Waals surface area contributed by atoms with Crippen LogP contribution in [0.3, 0.4) is 0 Å². The number of methoxy groups -OCH3 is 3. The van der Waals surface area contributed by atoms with E-state index in [1.165, 1.54) is 66.3 Å². The van der Waals surface area contributed by atoms with Gasteiger partial charge >= 0.3 is 17.9 Å². The number of carbonyl (C=O) groups excluding carboxylic acids is 3. The van der Waals surface area contributed by atoms with Crippen LogP contribution in [-0.2, 0) is 28.6 Å². The van der Waals surface area contributed by atoms with Crippen LogP contribution in [-0.4, -0.2) is 85.6 Å². The zero-order valence-corrected chi connectivity index (χ0v) is 51.8. The summed E-state index contributed by atoms with van der Waals surface area (Å²) in [5, 5.41) is 34.0. The highest BCUT2D eigenvalue weighted by Crippen LogP contribution is 2.15.